The highest BCUT2D eigenvalue weighted by Crippen LogP contribution is 2.15. The normalized spacial score (nSPS) is 9.50. The van der Waals surface area contributed by atoms with E-state index >= 15 is 0 Å². The van der Waals surface area contributed by atoms with Crippen LogP contribution in [-0.2, 0) is 0 Å². The molecule has 1 heterocycles. The van der Waals surface area contributed by atoms with Gasteiger partial charge in [0.05, 0.1) is 19.2 Å². The minimum atomic E-state index is -0.301. The fourth-order valence-electron chi connectivity index (χ4n) is 1.54. The van der Waals surface area contributed by atoms with Crippen molar-refractivity contribution in [3.8, 4) is 17.6 Å². The molecular formula is C15H12BrNO3. The lowest BCUT2D eigenvalue weighted by Crippen LogP contribution is -2.22. The molecule has 0 fully saturated rings. The molecule has 1 amide bonds. The first-order chi connectivity index (χ1) is 9.70. The third-order valence-electron chi connectivity index (χ3n) is 2.46. The van der Waals surface area contributed by atoms with E-state index in [1.807, 2.05) is 24.3 Å². The molecule has 0 bridgehead atoms. The van der Waals surface area contributed by atoms with E-state index in [4.69, 9.17) is 9.15 Å². The summed E-state index contributed by atoms with van der Waals surface area (Å²) in [6, 6.07) is 10.7. The van der Waals surface area contributed by atoms with Crippen LogP contribution >= 0.6 is 15.9 Å². The van der Waals surface area contributed by atoms with Crippen molar-refractivity contribution in [3.05, 3.63) is 52.4 Å². The van der Waals surface area contributed by atoms with E-state index in [2.05, 4.69) is 33.1 Å². The van der Waals surface area contributed by atoms with E-state index in [9.17, 15) is 4.79 Å². The zero-order chi connectivity index (χ0) is 14.4. The van der Waals surface area contributed by atoms with Gasteiger partial charge >= 0.3 is 0 Å². The Hall–Kier alpha value is -2.19. The monoisotopic (exact) mass is 333 g/mol. The smallest absolute Gasteiger partial charge is 0.287 e. The summed E-state index contributed by atoms with van der Waals surface area (Å²) in [7, 11) is 1.59. The maximum Gasteiger partial charge on any atom is 0.287 e. The van der Waals surface area contributed by atoms with Crippen molar-refractivity contribution in [2.45, 2.75) is 0 Å². The number of hydrogen-bond acceptors (Lipinski definition) is 3. The molecule has 2 rings (SSSR count). The first-order valence-electron chi connectivity index (χ1n) is 5.86. The van der Waals surface area contributed by atoms with Crippen molar-refractivity contribution in [2.75, 3.05) is 13.7 Å². The van der Waals surface area contributed by atoms with Crippen molar-refractivity contribution in [1.29, 1.82) is 0 Å². The molecule has 5 heteroatoms. The Morgan fingerprint density at radius 1 is 1.35 bits per heavy atom. The fraction of sp³-hybridized carbons (Fsp3) is 0.133. The molecule has 1 aromatic carbocycles. The number of furan rings is 1. The fourth-order valence-corrected chi connectivity index (χ4v) is 1.84. The summed E-state index contributed by atoms with van der Waals surface area (Å²) in [6.07, 6.45) is 0. The molecule has 0 atom stereocenters. The number of carbonyl (C=O) groups excluding carboxylic acids is 1. The standard InChI is InChI=1S/C15H12BrNO3/c1-19-12-7-3-2-5-11(12)6-4-10-17-15(18)13-8-9-14(16)20-13/h2-3,5,7-9H,10H2,1H3,(H,17,18). The van der Waals surface area contributed by atoms with Gasteiger partial charge in [0.15, 0.2) is 10.4 Å². The van der Waals surface area contributed by atoms with Gasteiger partial charge < -0.3 is 14.5 Å². The molecule has 102 valence electrons. The molecule has 0 aliphatic carbocycles. The van der Waals surface area contributed by atoms with E-state index in [1.54, 1.807) is 19.2 Å². The highest BCUT2D eigenvalue weighted by Gasteiger charge is 2.08. The lowest BCUT2D eigenvalue weighted by Gasteiger charge is -2.01. The molecule has 2 aromatic rings. The highest BCUT2D eigenvalue weighted by molar-refractivity contribution is 9.10. The Balaban J connectivity index is 1.93. The second kappa shape index (κ2) is 6.83. The zero-order valence-corrected chi connectivity index (χ0v) is 12.4. The first-order valence-corrected chi connectivity index (χ1v) is 6.65. The number of hydrogen-bond donors (Lipinski definition) is 1. The van der Waals surface area contributed by atoms with Gasteiger partial charge in [0.2, 0.25) is 0 Å². The second-order valence-electron chi connectivity index (χ2n) is 3.79. The molecule has 0 saturated carbocycles. The van der Waals surface area contributed by atoms with Crippen molar-refractivity contribution >= 4 is 21.8 Å². The van der Waals surface area contributed by atoms with Crippen LogP contribution in [0.3, 0.4) is 0 Å². The van der Waals surface area contributed by atoms with Crippen LogP contribution in [0.25, 0.3) is 0 Å². The zero-order valence-electron chi connectivity index (χ0n) is 10.8. The van der Waals surface area contributed by atoms with Crippen LogP contribution in [0.15, 0.2) is 45.5 Å². The average molecular weight is 334 g/mol. The summed E-state index contributed by atoms with van der Waals surface area (Å²) in [5, 5.41) is 2.65. The Morgan fingerprint density at radius 3 is 2.85 bits per heavy atom. The largest absolute Gasteiger partial charge is 0.495 e. The summed E-state index contributed by atoms with van der Waals surface area (Å²) in [5.41, 5.74) is 0.782. The number of carbonyl (C=O) groups is 1. The third-order valence-corrected chi connectivity index (χ3v) is 2.89. The first kappa shape index (κ1) is 14.2. The van der Waals surface area contributed by atoms with Crippen LogP contribution in [0.4, 0.5) is 0 Å². The average Bonchev–Trinajstić information content (AvgIpc) is 2.90. The molecule has 0 radical (unpaired) electrons. The van der Waals surface area contributed by atoms with Crippen LogP contribution in [0.1, 0.15) is 16.1 Å². The summed E-state index contributed by atoms with van der Waals surface area (Å²) in [5.74, 6) is 6.47. The van der Waals surface area contributed by atoms with Crippen LogP contribution < -0.4 is 10.1 Å². The Morgan fingerprint density at radius 2 is 2.15 bits per heavy atom. The summed E-state index contributed by atoms with van der Waals surface area (Å²) < 4.78 is 10.8. The van der Waals surface area contributed by atoms with Gasteiger partial charge in [-0.1, -0.05) is 24.0 Å². The Bertz CT molecular complexity index is 667. The molecule has 0 saturated heterocycles. The maximum absolute atomic E-state index is 11.7. The van der Waals surface area contributed by atoms with Gasteiger partial charge in [0, 0.05) is 0 Å². The van der Waals surface area contributed by atoms with Crippen molar-refractivity contribution < 1.29 is 13.9 Å². The van der Waals surface area contributed by atoms with Gasteiger partial charge in [0.1, 0.15) is 5.75 Å². The lowest BCUT2D eigenvalue weighted by atomic mass is 10.2. The Labute approximate surface area is 125 Å². The van der Waals surface area contributed by atoms with Gasteiger partial charge in [-0.05, 0) is 40.2 Å². The van der Waals surface area contributed by atoms with Crippen molar-refractivity contribution in [1.82, 2.24) is 5.32 Å². The summed E-state index contributed by atoms with van der Waals surface area (Å²) in [4.78, 5) is 11.7. The van der Waals surface area contributed by atoms with Crippen molar-refractivity contribution in [3.63, 3.8) is 0 Å². The number of halogens is 1. The molecule has 0 spiro atoms. The SMILES string of the molecule is COc1ccccc1C#CCNC(=O)c1ccc(Br)o1. The van der Waals surface area contributed by atoms with Crippen LogP contribution in [0.2, 0.25) is 0 Å². The minimum absolute atomic E-state index is 0.231. The number of benzene rings is 1. The number of ether oxygens (including phenoxy) is 1. The molecule has 4 nitrogen and oxygen atoms in total. The van der Waals surface area contributed by atoms with Crippen LogP contribution in [0.5, 0.6) is 5.75 Å². The van der Waals surface area contributed by atoms with E-state index in [-0.39, 0.29) is 18.2 Å². The number of nitrogens with one attached hydrogen (secondary N) is 1. The van der Waals surface area contributed by atoms with E-state index in [1.165, 1.54) is 0 Å². The molecule has 1 aromatic heterocycles. The summed E-state index contributed by atoms with van der Waals surface area (Å²) in [6.45, 7) is 0.231. The summed E-state index contributed by atoms with van der Waals surface area (Å²) >= 11 is 3.14. The molecule has 1 N–H and O–H groups in total. The Kier molecular flexibility index (Phi) is 4.85. The highest BCUT2D eigenvalue weighted by atomic mass is 79.9. The predicted octanol–water partition coefficient (Wildman–Crippen LogP) is 2.83. The molecule has 0 aliphatic rings. The van der Waals surface area contributed by atoms with E-state index in [0.29, 0.717) is 10.4 Å². The lowest BCUT2D eigenvalue weighted by molar-refractivity contribution is 0.0930. The van der Waals surface area contributed by atoms with Crippen LogP contribution in [0, 0.1) is 11.8 Å². The van der Waals surface area contributed by atoms with Gasteiger partial charge in [-0.3, -0.25) is 4.79 Å². The van der Waals surface area contributed by atoms with Crippen LogP contribution in [-0.4, -0.2) is 19.6 Å². The molecule has 20 heavy (non-hydrogen) atoms. The minimum Gasteiger partial charge on any atom is -0.495 e. The number of para-hydroxylation sites is 1. The third kappa shape index (κ3) is 3.65. The van der Waals surface area contributed by atoms with E-state index < -0.39 is 0 Å². The van der Waals surface area contributed by atoms with Crippen molar-refractivity contribution in [2.24, 2.45) is 0 Å². The van der Waals surface area contributed by atoms with E-state index in [0.717, 1.165) is 5.56 Å². The topological polar surface area (TPSA) is 51.5 Å². The number of amides is 1. The maximum atomic E-state index is 11.7. The molecule has 0 unspecified atom stereocenters. The molecular weight excluding hydrogens is 322 g/mol. The second-order valence-corrected chi connectivity index (χ2v) is 4.57. The van der Waals surface area contributed by atoms with Gasteiger partial charge in [-0.2, -0.15) is 0 Å². The van der Waals surface area contributed by atoms with Gasteiger partial charge in [0.25, 0.3) is 5.91 Å². The van der Waals surface area contributed by atoms with Gasteiger partial charge in [-0.25, -0.2) is 0 Å². The number of rotatable bonds is 3. The van der Waals surface area contributed by atoms with Gasteiger partial charge in [-0.15, -0.1) is 0 Å². The quantitative estimate of drug-likeness (QED) is 0.879. The number of methoxy groups -OCH3 is 1. The predicted molar refractivity (Wildman–Crippen MR) is 78.6 cm³/mol. The molecule has 0 aliphatic heterocycles.